The number of hydrogen-bond donors (Lipinski definition) is 3. The Labute approximate surface area is 127 Å². The van der Waals surface area contributed by atoms with Crippen molar-refractivity contribution in [3.63, 3.8) is 0 Å². The molecule has 0 aliphatic rings. The van der Waals surface area contributed by atoms with E-state index in [1.165, 1.54) is 13.0 Å². The van der Waals surface area contributed by atoms with Crippen LogP contribution in [0.2, 0.25) is 10.0 Å². The highest BCUT2D eigenvalue weighted by molar-refractivity contribution is 6.43. The summed E-state index contributed by atoms with van der Waals surface area (Å²) < 4.78 is 0. The second-order valence-corrected chi connectivity index (χ2v) is 5.18. The number of aliphatic hydroxyl groups is 1. The lowest BCUT2D eigenvalue weighted by Gasteiger charge is -2.15. The zero-order chi connectivity index (χ0) is 15.3. The van der Waals surface area contributed by atoms with Gasteiger partial charge in [0.05, 0.1) is 21.7 Å². The van der Waals surface area contributed by atoms with Gasteiger partial charge < -0.3 is 15.7 Å². The lowest BCUT2D eigenvalue weighted by atomic mass is 10.2. The fourth-order valence-corrected chi connectivity index (χ4v) is 1.81. The van der Waals surface area contributed by atoms with Gasteiger partial charge in [-0.25, -0.2) is 0 Å². The van der Waals surface area contributed by atoms with Gasteiger partial charge in [-0.15, -0.1) is 0 Å². The summed E-state index contributed by atoms with van der Waals surface area (Å²) >= 11 is 11.7. The van der Waals surface area contributed by atoms with Crippen LogP contribution in [0.4, 0.5) is 0 Å². The molecule has 0 radical (unpaired) electrons. The van der Waals surface area contributed by atoms with Gasteiger partial charge >= 0.3 is 0 Å². The first-order chi connectivity index (χ1) is 9.32. The van der Waals surface area contributed by atoms with E-state index in [2.05, 4.69) is 10.6 Å². The molecule has 0 aliphatic heterocycles. The number of nitrogens with one attached hydrogen (secondary N) is 2. The number of rotatable bonds is 5. The molecular formula is C13H16Cl2N2O3. The molecule has 0 saturated heterocycles. The highest BCUT2D eigenvalue weighted by atomic mass is 35.5. The molecule has 1 aromatic carbocycles. The Kier molecular flexibility index (Phi) is 6.26. The average Bonchev–Trinajstić information content (AvgIpc) is 2.38. The van der Waals surface area contributed by atoms with Crippen LogP contribution in [0.1, 0.15) is 24.2 Å². The SMILES string of the molecule is CC(O)CNC(=O)C(C)NC(=O)c1cccc(Cl)c1Cl. The fraction of sp³-hybridized carbons (Fsp3) is 0.385. The van der Waals surface area contributed by atoms with Crippen LogP contribution in [-0.2, 0) is 4.79 Å². The van der Waals surface area contributed by atoms with Crippen molar-refractivity contribution in [2.45, 2.75) is 26.0 Å². The summed E-state index contributed by atoms with van der Waals surface area (Å²) in [5.41, 5.74) is 0.203. The molecule has 20 heavy (non-hydrogen) atoms. The molecular weight excluding hydrogens is 303 g/mol. The number of carbonyl (C=O) groups excluding carboxylic acids is 2. The van der Waals surface area contributed by atoms with E-state index in [1.54, 1.807) is 19.1 Å². The number of carbonyl (C=O) groups is 2. The van der Waals surface area contributed by atoms with Crippen LogP contribution in [0, 0.1) is 0 Å². The maximum atomic E-state index is 12.0. The minimum atomic E-state index is -0.753. The molecule has 2 unspecified atom stereocenters. The van der Waals surface area contributed by atoms with Crippen molar-refractivity contribution in [2.24, 2.45) is 0 Å². The maximum absolute atomic E-state index is 12.0. The largest absolute Gasteiger partial charge is 0.392 e. The minimum Gasteiger partial charge on any atom is -0.392 e. The zero-order valence-corrected chi connectivity index (χ0v) is 12.6. The lowest BCUT2D eigenvalue weighted by molar-refractivity contribution is -0.123. The topological polar surface area (TPSA) is 78.4 Å². The van der Waals surface area contributed by atoms with Crippen LogP contribution in [0.3, 0.4) is 0 Å². The molecule has 0 heterocycles. The third-order valence-corrected chi connectivity index (χ3v) is 3.33. The van der Waals surface area contributed by atoms with Crippen molar-refractivity contribution < 1.29 is 14.7 Å². The summed E-state index contributed by atoms with van der Waals surface area (Å²) in [6.45, 7) is 3.21. The van der Waals surface area contributed by atoms with Gasteiger partial charge in [-0.05, 0) is 26.0 Å². The number of benzene rings is 1. The van der Waals surface area contributed by atoms with Crippen molar-refractivity contribution in [3.8, 4) is 0 Å². The first-order valence-corrected chi connectivity index (χ1v) is 6.79. The molecule has 110 valence electrons. The van der Waals surface area contributed by atoms with E-state index < -0.39 is 24.0 Å². The lowest BCUT2D eigenvalue weighted by Crippen LogP contribution is -2.46. The molecule has 0 bridgehead atoms. The second kappa shape index (κ2) is 7.47. The number of hydrogen-bond acceptors (Lipinski definition) is 3. The first kappa shape index (κ1) is 16.8. The summed E-state index contributed by atoms with van der Waals surface area (Å²) in [6.07, 6.45) is -0.649. The van der Waals surface area contributed by atoms with Crippen LogP contribution in [0.25, 0.3) is 0 Å². The van der Waals surface area contributed by atoms with E-state index in [1.807, 2.05) is 0 Å². The predicted molar refractivity (Wildman–Crippen MR) is 78.1 cm³/mol. The van der Waals surface area contributed by atoms with E-state index in [0.717, 1.165) is 0 Å². The molecule has 3 N–H and O–H groups in total. The Balaban J connectivity index is 2.66. The van der Waals surface area contributed by atoms with Crippen LogP contribution in [0.15, 0.2) is 18.2 Å². The van der Waals surface area contributed by atoms with Gasteiger partial charge in [0.2, 0.25) is 5.91 Å². The van der Waals surface area contributed by atoms with E-state index >= 15 is 0 Å². The second-order valence-electron chi connectivity index (χ2n) is 4.39. The molecule has 2 amide bonds. The predicted octanol–water partition coefficient (Wildman–Crippen LogP) is 1.61. The van der Waals surface area contributed by atoms with Crippen molar-refractivity contribution in [1.82, 2.24) is 10.6 Å². The van der Waals surface area contributed by atoms with Crippen molar-refractivity contribution in [3.05, 3.63) is 33.8 Å². The number of aliphatic hydroxyl groups excluding tert-OH is 1. The number of halogens is 2. The molecule has 0 spiro atoms. The number of amides is 2. The Morgan fingerprint density at radius 1 is 1.30 bits per heavy atom. The molecule has 0 fully saturated rings. The van der Waals surface area contributed by atoms with Gasteiger partial charge in [0.25, 0.3) is 5.91 Å². The third kappa shape index (κ3) is 4.67. The molecule has 0 aliphatic carbocycles. The molecule has 1 rings (SSSR count). The van der Waals surface area contributed by atoms with E-state index in [-0.39, 0.29) is 22.2 Å². The maximum Gasteiger partial charge on any atom is 0.253 e. The Morgan fingerprint density at radius 3 is 2.55 bits per heavy atom. The summed E-state index contributed by atoms with van der Waals surface area (Å²) in [6, 6.07) is 3.93. The molecule has 5 nitrogen and oxygen atoms in total. The summed E-state index contributed by atoms with van der Waals surface area (Å²) in [5, 5.41) is 14.5. The standard InChI is InChI=1S/C13H16Cl2N2O3/c1-7(18)6-16-12(19)8(2)17-13(20)9-4-3-5-10(14)11(9)15/h3-5,7-8,18H,6H2,1-2H3,(H,16,19)(H,17,20). The van der Waals surface area contributed by atoms with Crippen LogP contribution in [-0.4, -0.2) is 35.6 Å². The fourth-order valence-electron chi connectivity index (χ4n) is 1.42. The normalized spacial score (nSPS) is 13.4. The highest BCUT2D eigenvalue weighted by Gasteiger charge is 2.19. The third-order valence-electron chi connectivity index (χ3n) is 2.51. The summed E-state index contributed by atoms with van der Waals surface area (Å²) in [5.74, 6) is -0.880. The van der Waals surface area contributed by atoms with E-state index in [0.29, 0.717) is 0 Å². The Hall–Kier alpha value is -1.30. The molecule has 0 saturated carbocycles. The molecule has 7 heteroatoms. The van der Waals surface area contributed by atoms with Crippen LogP contribution >= 0.6 is 23.2 Å². The van der Waals surface area contributed by atoms with Gasteiger partial charge in [-0.1, -0.05) is 29.3 Å². The quantitative estimate of drug-likeness (QED) is 0.771. The summed E-state index contributed by atoms with van der Waals surface area (Å²) in [7, 11) is 0. The van der Waals surface area contributed by atoms with Crippen LogP contribution < -0.4 is 10.6 Å². The first-order valence-electron chi connectivity index (χ1n) is 6.03. The van der Waals surface area contributed by atoms with Gasteiger partial charge in [-0.3, -0.25) is 9.59 Å². The smallest absolute Gasteiger partial charge is 0.253 e. The van der Waals surface area contributed by atoms with Gasteiger partial charge in [0, 0.05) is 6.54 Å². The van der Waals surface area contributed by atoms with E-state index in [9.17, 15) is 9.59 Å². The molecule has 0 aromatic heterocycles. The van der Waals surface area contributed by atoms with Crippen LogP contribution in [0.5, 0.6) is 0 Å². The molecule has 1 aromatic rings. The Bertz CT molecular complexity index is 506. The highest BCUT2D eigenvalue weighted by Crippen LogP contribution is 2.25. The summed E-state index contributed by atoms with van der Waals surface area (Å²) in [4.78, 5) is 23.7. The monoisotopic (exact) mass is 318 g/mol. The molecule has 2 atom stereocenters. The van der Waals surface area contributed by atoms with Crippen molar-refractivity contribution >= 4 is 35.0 Å². The minimum absolute atomic E-state index is 0.122. The van der Waals surface area contributed by atoms with Crippen molar-refractivity contribution in [2.75, 3.05) is 6.54 Å². The van der Waals surface area contributed by atoms with Gasteiger partial charge in [0.15, 0.2) is 0 Å². The van der Waals surface area contributed by atoms with Gasteiger partial charge in [-0.2, -0.15) is 0 Å². The van der Waals surface area contributed by atoms with Crippen molar-refractivity contribution in [1.29, 1.82) is 0 Å². The van der Waals surface area contributed by atoms with E-state index in [4.69, 9.17) is 28.3 Å². The Morgan fingerprint density at radius 2 is 1.95 bits per heavy atom. The average molecular weight is 319 g/mol. The van der Waals surface area contributed by atoms with Gasteiger partial charge in [0.1, 0.15) is 6.04 Å². The zero-order valence-electron chi connectivity index (χ0n) is 11.1.